The Labute approximate surface area is 103 Å². The second-order valence-corrected chi connectivity index (χ2v) is 6.80. The third kappa shape index (κ3) is 2.94. The Morgan fingerprint density at radius 3 is 2.24 bits per heavy atom. The van der Waals surface area contributed by atoms with Crippen molar-refractivity contribution in [2.45, 2.75) is 0 Å². The van der Waals surface area contributed by atoms with Crippen molar-refractivity contribution in [3.8, 4) is 0 Å². The van der Waals surface area contributed by atoms with Crippen LogP contribution in [0.3, 0.4) is 0 Å². The Morgan fingerprint density at radius 1 is 1.12 bits per heavy atom. The Balaban J connectivity index is 2.18. The van der Waals surface area contributed by atoms with E-state index in [9.17, 15) is 0 Å². The lowest BCUT2D eigenvalue weighted by molar-refractivity contribution is 0.0544. The van der Waals surface area contributed by atoms with Crippen molar-refractivity contribution in [3.63, 3.8) is 0 Å². The standard InChI is InChI=1S/C12H19NO3Si/c1-13-8-10-15-17(14-2,16-11-9-13)12-6-4-3-5-7-12/h3-7H,8-11H2,1-2H3. The zero-order valence-corrected chi connectivity index (χ0v) is 11.4. The van der Waals surface area contributed by atoms with Crippen LogP contribution in [0.5, 0.6) is 0 Å². The summed E-state index contributed by atoms with van der Waals surface area (Å²) in [6.07, 6.45) is 0. The lowest BCUT2D eigenvalue weighted by Crippen LogP contribution is -2.58. The molecule has 1 aliphatic heterocycles. The summed E-state index contributed by atoms with van der Waals surface area (Å²) < 4.78 is 17.5. The van der Waals surface area contributed by atoms with Gasteiger partial charge in [-0.05, 0) is 7.05 Å². The van der Waals surface area contributed by atoms with Crippen molar-refractivity contribution in [1.29, 1.82) is 0 Å². The third-order valence-electron chi connectivity index (χ3n) is 2.93. The van der Waals surface area contributed by atoms with E-state index in [0.717, 1.165) is 18.3 Å². The van der Waals surface area contributed by atoms with E-state index in [1.54, 1.807) is 7.11 Å². The van der Waals surface area contributed by atoms with E-state index < -0.39 is 8.80 Å². The molecule has 0 N–H and O–H groups in total. The molecule has 1 heterocycles. The molecule has 5 heteroatoms. The van der Waals surface area contributed by atoms with Gasteiger partial charge in [0, 0.05) is 25.4 Å². The van der Waals surface area contributed by atoms with Gasteiger partial charge in [0.25, 0.3) is 0 Å². The normalized spacial score (nSPS) is 21.8. The molecule has 4 nitrogen and oxygen atoms in total. The molecule has 0 unspecified atom stereocenters. The SMILES string of the molecule is CO[Si]1(c2ccccc2)OCCN(C)CCO1. The van der Waals surface area contributed by atoms with Crippen LogP contribution in [-0.2, 0) is 13.3 Å². The third-order valence-corrected chi connectivity index (χ3v) is 5.67. The summed E-state index contributed by atoms with van der Waals surface area (Å²) in [6, 6.07) is 9.99. The van der Waals surface area contributed by atoms with Gasteiger partial charge in [-0.1, -0.05) is 30.3 Å². The van der Waals surface area contributed by atoms with E-state index in [1.807, 2.05) is 30.3 Å². The zero-order valence-electron chi connectivity index (χ0n) is 10.4. The molecule has 17 heavy (non-hydrogen) atoms. The first-order valence-electron chi connectivity index (χ1n) is 5.84. The van der Waals surface area contributed by atoms with E-state index in [1.165, 1.54) is 0 Å². The Morgan fingerprint density at radius 2 is 1.71 bits per heavy atom. The Hall–Kier alpha value is -0.723. The molecule has 1 aromatic carbocycles. The van der Waals surface area contributed by atoms with Crippen LogP contribution in [0.4, 0.5) is 0 Å². The summed E-state index contributed by atoms with van der Waals surface area (Å²) >= 11 is 0. The largest absolute Gasteiger partial charge is 0.537 e. The Bertz CT molecular complexity index is 337. The fraction of sp³-hybridized carbons (Fsp3) is 0.500. The van der Waals surface area contributed by atoms with Crippen LogP contribution in [0.25, 0.3) is 0 Å². The van der Waals surface area contributed by atoms with Gasteiger partial charge in [0.2, 0.25) is 0 Å². The molecule has 0 atom stereocenters. The van der Waals surface area contributed by atoms with Gasteiger partial charge in [-0.3, -0.25) is 0 Å². The van der Waals surface area contributed by atoms with E-state index in [2.05, 4.69) is 11.9 Å². The van der Waals surface area contributed by atoms with Crippen molar-refractivity contribution in [2.75, 3.05) is 40.5 Å². The van der Waals surface area contributed by atoms with Gasteiger partial charge in [0.05, 0.1) is 13.2 Å². The fourth-order valence-corrected chi connectivity index (χ4v) is 4.08. The van der Waals surface area contributed by atoms with Gasteiger partial charge in [0.15, 0.2) is 0 Å². The predicted molar refractivity (Wildman–Crippen MR) is 68.2 cm³/mol. The number of hydrogen-bond donors (Lipinski definition) is 0. The second-order valence-electron chi connectivity index (χ2n) is 4.13. The summed E-state index contributed by atoms with van der Waals surface area (Å²) in [5.41, 5.74) is 0. The lowest BCUT2D eigenvalue weighted by atomic mass is 10.4. The summed E-state index contributed by atoms with van der Waals surface area (Å²) in [5.74, 6) is 0. The number of likely N-dealkylation sites (N-methyl/N-ethyl adjacent to an activating group) is 1. The highest BCUT2D eigenvalue weighted by atomic mass is 28.4. The highest BCUT2D eigenvalue weighted by Gasteiger charge is 2.43. The van der Waals surface area contributed by atoms with Gasteiger partial charge >= 0.3 is 8.80 Å². The quantitative estimate of drug-likeness (QED) is 0.717. The van der Waals surface area contributed by atoms with Crippen LogP contribution >= 0.6 is 0 Å². The van der Waals surface area contributed by atoms with Gasteiger partial charge in [-0.15, -0.1) is 0 Å². The molecule has 0 aliphatic carbocycles. The molecule has 0 aromatic heterocycles. The molecule has 1 aromatic rings. The maximum Gasteiger partial charge on any atom is 0.537 e. The van der Waals surface area contributed by atoms with Crippen molar-refractivity contribution < 1.29 is 13.3 Å². The van der Waals surface area contributed by atoms with Gasteiger partial charge < -0.3 is 18.2 Å². The van der Waals surface area contributed by atoms with Gasteiger partial charge in [-0.25, -0.2) is 0 Å². The first-order valence-corrected chi connectivity index (χ1v) is 7.56. The molecule has 0 bridgehead atoms. The highest BCUT2D eigenvalue weighted by Crippen LogP contribution is 2.11. The average Bonchev–Trinajstić information content (AvgIpc) is 2.35. The molecule has 2 rings (SSSR count). The monoisotopic (exact) mass is 253 g/mol. The van der Waals surface area contributed by atoms with Crippen molar-refractivity contribution >= 4 is 14.0 Å². The molecule has 0 amide bonds. The van der Waals surface area contributed by atoms with Crippen LogP contribution < -0.4 is 5.19 Å². The molecule has 0 radical (unpaired) electrons. The van der Waals surface area contributed by atoms with Crippen molar-refractivity contribution in [1.82, 2.24) is 4.90 Å². The maximum absolute atomic E-state index is 5.93. The van der Waals surface area contributed by atoms with E-state index >= 15 is 0 Å². The Kier molecular flexibility index (Phi) is 4.30. The average molecular weight is 253 g/mol. The first kappa shape index (κ1) is 12.7. The number of hydrogen-bond acceptors (Lipinski definition) is 4. The van der Waals surface area contributed by atoms with E-state index in [4.69, 9.17) is 13.3 Å². The predicted octanol–water partition coefficient (Wildman–Crippen LogP) is 0.457. The minimum Gasteiger partial charge on any atom is -0.373 e. The van der Waals surface area contributed by atoms with Crippen LogP contribution in [0.2, 0.25) is 0 Å². The zero-order chi connectivity index (χ0) is 12.1. The molecule has 1 saturated heterocycles. The first-order chi connectivity index (χ1) is 8.27. The number of rotatable bonds is 2. The minimum atomic E-state index is -2.67. The van der Waals surface area contributed by atoms with Crippen LogP contribution in [0.15, 0.2) is 30.3 Å². The summed E-state index contributed by atoms with van der Waals surface area (Å²) in [7, 11) is 1.07. The minimum absolute atomic E-state index is 0.644. The lowest BCUT2D eigenvalue weighted by Gasteiger charge is -2.32. The smallest absolute Gasteiger partial charge is 0.373 e. The van der Waals surface area contributed by atoms with Gasteiger partial charge in [-0.2, -0.15) is 0 Å². The molecule has 0 saturated carbocycles. The molecular formula is C12H19NO3Si. The summed E-state index contributed by atoms with van der Waals surface area (Å²) in [6.45, 7) is 3.11. The summed E-state index contributed by atoms with van der Waals surface area (Å²) in [4.78, 5) is 2.19. The van der Waals surface area contributed by atoms with E-state index in [-0.39, 0.29) is 0 Å². The number of nitrogens with zero attached hydrogens (tertiary/aromatic N) is 1. The maximum atomic E-state index is 5.93. The van der Waals surface area contributed by atoms with Crippen molar-refractivity contribution in [2.24, 2.45) is 0 Å². The molecule has 0 spiro atoms. The molecule has 1 fully saturated rings. The number of benzene rings is 1. The topological polar surface area (TPSA) is 30.9 Å². The highest BCUT2D eigenvalue weighted by molar-refractivity contribution is 6.75. The van der Waals surface area contributed by atoms with Crippen LogP contribution in [0, 0.1) is 0 Å². The van der Waals surface area contributed by atoms with E-state index in [0.29, 0.717) is 13.2 Å². The van der Waals surface area contributed by atoms with Crippen LogP contribution in [0.1, 0.15) is 0 Å². The molecular weight excluding hydrogens is 234 g/mol. The van der Waals surface area contributed by atoms with Crippen LogP contribution in [-0.4, -0.2) is 54.2 Å². The fourth-order valence-electron chi connectivity index (χ4n) is 1.87. The molecule has 94 valence electrons. The second kappa shape index (κ2) is 5.75. The molecule has 1 aliphatic rings. The summed E-state index contributed by atoms with van der Waals surface area (Å²) in [5, 5.41) is 1.03. The van der Waals surface area contributed by atoms with Crippen molar-refractivity contribution in [3.05, 3.63) is 30.3 Å². The van der Waals surface area contributed by atoms with Gasteiger partial charge in [0.1, 0.15) is 0 Å².